The fourth-order valence-corrected chi connectivity index (χ4v) is 6.71. The first-order chi connectivity index (χ1) is 28.0. The zero-order chi connectivity index (χ0) is 42.8. The van der Waals surface area contributed by atoms with E-state index in [1.165, 1.54) is 70.6 Å². The van der Waals surface area contributed by atoms with Crippen LogP contribution in [0.25, 0.3) is 0 Å². The average Bonchev–Trinajstić information content (AvgIpc) is 3.17. The molecule has 1 amide bonds. The first-order valence-corrected chi connectivity index (χ1v) is 24.5. The highest BCUT2D eigenvalue weighted by atomic mass is 31.2. The van der Waals surface area contributed by atoms with Gasteiger partial charge in [0.1, 0.15) is 13.2 Å². The third-order valence-corrected chi connectivity index (χ3v) is 10.6. The largest absolute Gasteiger partial charge is 0.472 e. The summed E-state index contributed by atoms with van der Waals surface area (Å²) in [6.07, 6.45) is 55.5. The number of aliphatic hydroxyl groups is 1. The molecule has 0 aliphatic carbocycles. The molecule has 0 heterocycles. The van der Waals surface area contributed by atoms with Gasteiger partial charge < -0.3 is 19.8 Å². The summed E-state index contributed by atoms with van der Waals surface area (Å²) in [5.41, 5.74) is 0. The van der Waals surface area contributed by atoms with Gasteiger partial charge in [-0.25, -0.2) is 4.57 Å². The molecule has 0 aromatic rings. The van der Waals surface area contributed by atoms with E-state index in [0.717, 1.165) is 77.0 Å². The molecule has 0 aromatic carbocycles. The topological polar surface area (TPSA) is 105 Å². The number of phosphoric acid groups is 1. The lowest BCUT2D eigenvalue weighted by Crippen LogP contribution is -2.45. The number of carbonyl (C=O) groups is 1. The molecule has 9 heteroatoms. The van der Waals surface area contributed by atoms with Crippen molar-refractivity contribution in [2.75, 3.05) is 40.9 Å². The number of quaternary nitrogens is 1. The monoisotopic (exact) mass is 832 g/mol. The molecular weight excluding hydrogens is 744 g/mol. The van der Waals surface area contributed by atoms with Crippen LogP contribution in [0.3, 0.4) is 0 Å². The number of hydrogen-bond acceptors (Lipinski definition) is 5. The van der Waals surface area contributed by atoms with E-state index in [2.05, 4.69) is 92.1 Å². The van der Waals surface area contributed by atoms with Crippen LogP contribution in [-0.2, 0) is 18.4 Å². The summed E-state index contributed by atoms with van der Waals surface area (Å²) in [4.78, 5) is 23.0. The molecule has 0 fully saturated rings. The zero-order valence-electron chi connectivity index (χ0n) is 37.8. The van der Waals surface area contributed by atoms with E-state index in [1.807, 2.05) is 27.2 Å². The van der Waals surface area contributed by atoms with Crippen molar-refractivity contribution in [3.63, 3.8) is 0 Å². The van der Waals surface area contributed by atoms with Crippen molar-refractivity contribution in [2.45, 2.75) is 180 Å². The Hall–Kier alpha value is -2.32. The summed E-state index contributed by atoms with van der Waals surface area (Å²) in [5.74, 6) is -0.198. The number of unbranched alkanes of at least 4 members (excludes halogenated alkanes) is 15. The normalized spacial score (nSPS) is 15.1. The molecule has 0 bridgehead atoms. The van der Waals surface area contributed by atoms with E-state index in [0.29, 0.717) is 17.4 Å². The van der Waals surface area contributed by atoms with Crippen molar-refractivity contribution in [1.82, 2.24) is 5.32 Å². The number of phosphoric ester groups is 1. The number of allylic oxidation sites excluding steroid dienone is 13. The highest BCUT2D eigenvalue weighted by Crippen LogP contribution is 2.43. The van der Waals surface area contributed by atoms with Gasteiger partial charge in [-0.15, -0.1) is 0 Å². The van der Waals surface area contributed by atoms with Gasteiger partial charge in [-0.2, -0.15) is 0 Å². The number of nitrogens with one attached hydrogen (secondary N) is 1. The van der Waals surface area contributed by atoms with Gasteiger partial charge in [0.05, 0.1) is 39.9 Å². The minimum absolute atomic E-state index is 0.0518. The Morgan fingerprint density at radius 2 is 1.05 bits per heavy atom. The molecule has 334 valence electrons. The fraction of sp³-hybridized carbons (Fsp3) is 0.694. The van der Waals surface area contributed by atoms with Crippen LogP contribution >= 0.6 is 7.82 Å². The number of nitrogens with zero attached hydrogens (tertiary/aromatic N) is 1. The van der Waals surface area contributed by atoms with Crippen LogP contribution in [0.2, 0.25) is 0 Å². The van der Waals surface area contributed by atoms with Gasteiger partial charge in [0.2, 0.25) is 5.91 Å². The molecule has 0 saturated carbocycles. The second-order valence-corrected chi connectivity index (χ2v) is 17.8. The average molecular weight is 832 g/mol. The van der Waals surface area contributed by atoms with Gasteiger partial charge in [-0.05, 0) is 70.6 Å². The summed E-state index contributed by atoms with van der Waals surface area (Å²) in [6.45, 7) is 4.54. The second kappa shape index (κ2) is 40.1. The summed E-state index contributed by atoms with van der Waals surface area (Å²) < 4.78 is 23.4. The predicted molar refractivity (Wildman–Crippen MR) is 249 cm³/mol. The summed E-state index contributed by atoms with van der Waals surface area (Å²) >= 11 is 0. The number of hydrogen-bond donors (Lipinski definition) is 3. The SMILES string of the molecule is CC/C=C\C/C=C\C/C=C\C/C=C\C/C=C\CCCCCCCCCCCCCCCC(=O)NC(COP(=O)(O)OCC[N+](C)(C)C)C(O)/C=C/CC/C=C/CCC. The Labute approximate surface area is 356 Å². The van der Waals surface area contributed by atoms with Crippen molar-refractivity contribution in [3.8, 4) is 0 Å². The zero-order valence-corrected chi connectivity index (χ0v) is 38.6. The van der Waals surface area contributed by atoms with Gasteiger partial charge in [-0.3, -0.25) is 13.8 Å². The Morgan fingerprint density at radius 1 is 0.603 bits per heavy atom. The highest BCUT2D eigenvalue weighted by Gasteiger charge is 2.27. The van der Waals surface area contributed by atoms with Crippen LogP contribution in [0, 0.1) is 0 Å². The molecule has 8 nitrogen and oxygen atoms in total. The lowest BCUT2D eigenvalue weighted by Gasteiger charge is -2.25. The molecule has 0 aliphatic heterocycles. The van der Waals surface area contributed by atoms with E-state index < -0.39 is 20.0 Å². The number of amides is 1. The van der Waals surface area contributed by atoms with Crippen molar-refractivity contribution < 1.29 is 32.9 Å². The molecule has 0 aliphatic rings. The van der Waals surface area contributed by atoms with Crippen LogP contribution in [0.15, 0.2) is 85.1 Å². The molecule has 0 aromatic heterocycles. The Balaban J connectivity index is 4.06. The molecule has 0 rings (SSSR count). The van der Waals surface area contributed by atoms with E-state index >= 15 is 0 Å². The number of rotatable bonds is 40. The first-order valence-electron chi connectivity index (χ1n) is 23.0. The molecule has 3 atom stereocenters. The third-order valence-electron chi connectivity index (χ3n) is 9.58. The Bertz CT molecular complexity index is 1220. The van der Waals surface area contributed by atoms with Crippen LogP contribution in [0.1, 0.15) is 168 Å². The lowest BCUT2D eigenvalue weighted by atomic mass is 10.0. The molecule has 0 saturated heterocycles. The fourth-order valence-electron chi connectivity index (χ4n) is 5.97. The van der Waals surface area contributed by atoms with Gasteiger partial charge >= 0.3 is 7.82 Å². The van der Waals surface area contributed by atoms with E-state index in [1.54, 1.807) is 6.08 Å². The van der Waals surface area contributed by atoms with Crippen molar-refractivity contribution in [1.29, 1.82) is 0 Å². The van der Waals surface area contributed by atoms with E-state index in [9.17, 15) is 19.4 Å². The number of aliphatic hydroxyl groups excluding tert-OH is 1. The summed E-state index contributed by atoms with van der Waals surface area (Å²) in [5, 5.41) is 13.7. The van der Waals surface area contributed by atoms with Crippen molar-refractivity contribution >= 4 is 13.7 Å². The molecule has 3 N–H and O–H groups in total. The second-order valence-electron chi connectivity index (χ2n) is 16.4. The van der Waals surface area contributed by atoms with E-state index in [4.69, 9.17) is 9.05 Å². The molecule has 58 heavy (non-hydrogen) atoms. The van der Waals surface area contributed by atoms with Gasteiger partial charge in [-0.1, -0.05) is 176 Å². The van der Waals surface area contributed by atoms with Gasteiger partial charge in [0.25, 0.3) is 0 Å². The van der Waals surface area contributed by atoms with Crippen molar-refractivity contribution in [2.24, 2.45) is 0 Å². The smallest absolute Gasteiger partial charge is 0.387 e. The van der Waals surface area contributed by atoms with E-state index in [-0.39, 0.29) is 19.1 Å². The molecule has 0 spiro atoms. The summed E-state index contributed by atoms with van der Waals surface area (Å²) in [7, 11) is 1.54. The maximum absolute atomic E-state index is 12.8. The van der Waals surface area contributed by atoms with Crippen LogP contribution in [0.5, 0.6) is 0 Å². The summed E-state index contributed by atoms with van der Waals surface area (Å²) in [6, 6.07) is -0.864. The minimum Gasteiger partial charge on any atom is -0.387 e. The molecular formula is C49H88N2O6P+. The third kappa shape index (κ3) is 41.8. The maximum Gasteiger partial charge on any atom is 0.472 e. The molecule has 3 unspecified atom stereocenters. The number of likely N-dealkylation sites (N-methyl/N-ethyl adjacent to an activating group) is 1. The lowest BCUT2D eigenvalue weighted by molar-refractivity contribution is -0.870. The van der Waals surface area contributed by atoms with Crippen LogP contribution in [0.4, 0.5) is 0 Å². The van der Waals surface area contributed by atoms with Crippen LogP contribution < -0.4 is 5.32 Å². The Morgan fingerprint density at radius 3 is 1.57 bits per heavy atom. The molecule has 0 radical (unpaired) electrons. The van der Waals surface area contributed by atoms with Gasteiger partial charge in [0.15, 0.2) is 0 Å². The van der Waals surface area contributed by atoms with Gasteiger partial charge in [0, 0.05) is 6.42 Å². The quantitative estimate of drug-likeness (QED) is 0.0246. The number of carbonyl (C=O) groups excluding carboxylic acids is 1. The first kappa shape index (κ1) is 55.7. The standard InChI is InChI=1S/C49H87N2O6P/c1-6-8-10-12-14-15-16-17-18-19-20-21-22-23-24-25-26-27-28-29-30-31-32-33-34-35-37-39-41-43-49(53)50-47(48(52)42-40-38-36-13-11-9-7-2)46-57-58(54,55)56-45-44-51(3,4)5/h8,10-11,13-15,17-18,20-21,23-24,40,42,47-48,52H,6-7,9,12,16,19,22,25-39,41,43-46H2,1-5H3,(H-,50,53,54,55)/p+1/b10-8-,13-11+,15-14-,18-17-,21-20-,24-23-,42-40+. The predicted octanol–water partition coefficient (Wildman–Crippen LogP) is 13.0. The van der Waals surface area contributed by atoms with Crippen LogP contribution in [-0.4, -0.2) is 73.4 Å². The minimum atomic E-state index is -4.34. The highest BCUT2D eigenvalue weighted by molar-refractivity contribution is 7.47. The Kier molecular flexibility index (Phi) is 38.5. The van der Waals surface area contributed by atoms with Crippen molar-refractivity contribution in [3.05, 3.63) is 85.1 Å². The maximum atomic E-state index is 12.8.